The molecule has 2 aromatic heterocycles. The van der Waals surface area contributed by atoms with Crippen LogP contribution in [0.5, 0.6) is 5.88 Å². The van der Waals surface area contributed by atoms with E-state index in [9.17, 15) is 0 Å². The molecule has 0 amide bonds. The number of hydrogen-bond acceptors (Lipinski definition) is 3. The summed E-state index contributed by atoms with van der Waals surface area (Å²) >= 11 is 0. The van der Waals surface area contributed by atoms with Crippen LogP contribution >= 0.6 is 0 Å². The van der Waals surface area contributed by atoms with Gasteiger partial charge in [-0.1, -0.05) is 0 Å². The summed E-state index contributed by atoms with van der Waals surface area (Å²) in [5, 5.41) is 0. The summed E-state index contributed by atoms with van der Waals surface area (Å²) in [7, 11) is 0. The fraction of sp³-hybridized carbons (Fsp3) is 0.400. The zero-order valence-electron chi connectivity index (χ0n) is 8.59. The topological polar surface area (TPSA) is 50.8 Å². The van der Waals surface area contributed by atoms with Crippen LogP contribution < -0.4 is 4.74 Å². The molecule has 0 aliphatic carbocycles. The molecule has 4 heteroatoms. The molecule has 0 spiro atoms. The van der Waals surface area contributed by atoms with Crippen molar-refractivity contribution in [3.05, 3.63) is 17.6 Å². The second kappa shape index (κ2) is 3.29. The third kappa shape index (κ3) is 1.43. The van der Waals surface area contributed by atoms with Crippen LogP contribution in [0.1, 0.15) is 18.4 Å². The molecular weight excluding hydrogens is 178 g/mol. The molecule has 0 bridgehead atoms. The van der Waals surface area contributed by atoms with Crippen LogP contribution in [0, 0.1) is 13.8 Å². The summed E-state index contributed by atoms with van der Waals surface area (Å²) in [6.07, 6.45) is 0. The van der Waals surface area contributed by atoms with Crippen LogP contribution in [-0.4, -0.2) is 21.6 Å². The van der Waals surface area contributed by atoms with Gasteiger partial charge >= 0.3 is 0 Å². The minimum absolute atomic E-state index is 0.615. The lowest BCUT2D eigenvalue weighted by molar-refractivity contribution is 0.329. The Morgan fingerprint density at radius 3 is 2.86 bits per heavy atom. The SMILES string of the molecule is CCOc1nc(C)nc2cc(C)[nH]c12. The van der Waals surface area contributed by atoms with Gasteiger partial charge in [-0.25, -0.2) is 4.98 Å². The van der Waals surface area contributed by atoms with E-state index >= 15 is 0 Å². The third-order valence-corrected chi connectivity index (χ3v) is 1.97. The predicted molar refractivity (Wildman–Crippen MR) is 54.5 cm³/mol. The summed E-state index contributed by atoms with van der Waals surface area (Å²) in [6.45, 7) is 6.42. The van der Waals surface area contributed by atoms with Crippen molar-refractivity contribution < 1.29 is 4.74 Å². The maximum absolute atomic E-state index is 5.43. The van der Waals surface area contributed by atoms with Gasteiger partial charge in [0.25, 0.3) is 0 Å². The monoisotopic (exact) mass is 191 g/mol. The van der Waals surface area contributed by atoms with E-state index in [1.807, 2.05) is 26.8 Å². The maximum Gasteiger partial charge on any atom is 0.241 e. The van der Waals surface area contributed by atoms with Gasteiger partial charge in [-0.05, 0) is 26.8 Å². The van der Waals surface area contributed by atoms with Crippen molar-refractivity contribution in [2.45, 2.75) is 20.8 Å². The highest BCUT2D eigenvalue weighted by Crippen LogP contribution is 2.22. The zero-order chi connectivity index (χ0) is 10.1. The van der Waals surface area contributed by atoms with Crippen LogP contribution in [0.3, 0.4) is 0 Å². The van der Waals surface area contributed by atoms with Gasteiger partial charge in [0.05, 0.1) is 12.1 Å². The van der Waals surface area contributed by atoms with Gasteiger partial charge < -0.3 is 9.72 Å². The van der Waals surface area contributed by atoms with Gasteiger partial charge in [-0.15, -0.1) is 0 Å². The van der Waals surface area contributed by atoms with Crippen molar-refractivity contribution in [3.63, 3.8) is 0 Å². The molecule has 0 aromatic carbocycles. The number of rotatable bonds is 2. The first kappa shape index (κ1) is 8.99. The van der Waals surface area contributed by atoms with Gasteiger partial charge in [-0.3, -0.25) is 0 Å². The smallest absolute Gasteiger partial charge is 0.241 e. The number of ether oxygens (including phenoxy) is 1. The largest absolute Gasteiger partial charge is 0.476 e. The van der Waals surface area contributed by atoms with E-state index < -0.39 is 0 Å². The summed E-state index contributed by atoms with van der Waals surface area (Å²) in [5.74, 6) is 1.38. The Morgan fingerprint density at radius 2 is 2.14 bits per heavy atom. The standard InChI is InChI=1S/C10H13N3O/c1-4-14-10-9-8(5-6(2)11-9)12-7(3)13-10/h5,11H,4H2,1-3H3. The summed E-state index contributed by atoms with van der Waals surface area (Å²) in [4.78, 5) is 11.7. The van der Waals surface area contributed by atoms with E-state index in [1.165, 1.54) is 0 Å². The van der Waals surface area contributed by atoms with E-state index in [4.69, 9.17) is 4.74 Å². The normalized spacial score (nSPS) is 10.8. The first-order chi connectivity index (χ1) is 6.70. The molecule has 0 atom stereocenters. The van der Waals surface area contributed by atoms with Gasteiger partial charge in [0.1, 0.15) is 11.3 Å². The molecule has 74 valence electrons. The van der Waals surface area contributed by atoms with E-state index in [-0.39, 0.29) is 0 Å². The molecule has 0 saturated heterocycles. The Hall–Kier alpha value is -1.58. The van der Waals surface area contributed by atoms with Crippen LogP contribution in [0.25, 0.3) is 11.0 Å². The van der Waals surface area contributed by atoms with Crippen LogP contribution in [-0.2, 0) is 0 Å². The van der Waals surface area contributed by atoms with Gasteiger partial charge in [0.2, 0.25) is 5.88 Å². The Bertz CT molecular complexity index is 462. The Labute approximate surface area is 82.3 Å². The minimum Gasteiger partial charge on any atom is -0.476 e. The highest BCUT2D eigenvalue weighted by Gasteiger charge is 2.08. The van der Waals surface area contributed by atoms with Gasteiger partial charge in [-0.2, -0.15) is 4.98 Å². The zero-order valence-corrected chi connectivity index (χ0v) is 8.59. The van der Waals surface area contributed by atoms with Crippen molar-refractivity contribution in [2.24, 2.45) is 0 Å². The van der Waals surface area contributed by atoms with Crippen molar-refractivity contribution in [2.75, 3.05) is 6.61 Å². The average Bonchev–Trinajstić information content (AvgIpc) is 2.45. The fourth-order valence-electron chi connectivity index (χ4n) is 1.47. The maximum atomic E-state index is 5.43. The molecule has 0 radical (unpaired) electrons. The first-order valence-electron chi connectivity index (χ1n) is 4.67. The second-order valence-electron chi connectivity index (χ2n) is 3.22. The third-order valence-electron chi connectivity index (χ3n) is 1.97. The number of fused-ring (bicyclic) bond motifs is 1. The first-order valence-corrected chi connectivity index (χ1v) is 4.67. The Balaban J connectivity index is 2.66. The van der Waals surface area contributed by atoms with Crippen LogP contribution in [0.2, 0.25) is 0 Å². The van der Waals surface area contributed by atoms with E-state index in [1.54, 1.807) is 0 Å². The minimum atomic E-state index is 0.615. The molecule has 2 heterocycles. The Kier molecular flexibility index (Phi) is 2.11. The fourth-order valence-corrected chi connectivity index (χ4v) is 1.47. The predicted octanol–water partition coefficient (Wildman–Crippen LogP) is 1.97. The molecule has 0 fully saturated rings. The lowest BCUT2D eigenvalue weighted by Crippen LogP contribution is -1.98. The van der Waals surface area contributed by atoms with Crippen molar-refractivity contribution >= 4 is 11.0 Å². The lowest BCUT2D eigenvalue weighted by atomic mass is 10.4. The molecule has 0 aliphatic rings. The molecule has 2 aromatic rings. The van der Waals surface area contributed by atoms with Crippen molar-refractivity contribution in [1.82, 2.24) is 15.0 Å². The number of H-pyrrole nitrogens is 1. The van der Waals surface area contributed by atoms with Crippen molar-refractivity contribution in [3.8, 4) is 5.88 Å². The molecule has 0 aliphatic heterocycles. The number of aromatic nitrogens is 3. The lowest BCUT2D eigenvalue weighted by Gasteiger charge is -2.03. The molecule has 1 N–H and O–H groups in total. The molecule has 0 saturated carbocycles. The number of hydrogen-bond donors (Lipinski definition) is 1. The number of nitrogens with one attached hydrogen (secondary N) is 1. The molecule has 0 unspecified atom stereocenters. The Morgan fingerprint density at radius 1 is 1.36 bits per heavy atom. The highest BCUT2D eigenvalue weighted by atomic mass is 16.5. The summed E-state index contributed by atoms with van der Waals surface area (Å²) in [6, 6.07) is 1.99. The quantitative estimate of drug-likeness (QED) is 0.789. The molecule has 14 heavy (non-hydrogen) atoms. The van der Waals surface area contributed by atoms with E-state index in [0.717, 1.165) is 22.6 Å². The second-order valence-corrected chi connectivity index (χ2v) is 3.22. The molecular formula is C10H13N3O. The number of aryl methyl sites for hydroxylation is 2. The van der Waals surface area contributed by atoms with E-state index in [2.05, 4.69) is 15.0 Å². The van der Waals surface area contributed by atoms with Gasteiger partial charge in [0.15, 0.2) is 0 Å². The van der Waals surface area contributed by atoms with Crippen LogP contribution in [0.4, 0.5) is 0 Å². The number of aromatic amines is 1. The van der Waals surface area contributed by atoms with Crippen molar-refractivity contribution in [1.29, 1.82) is 0 Å². The summed E-state index contributed by atoms with van der Waals surface area (Å²) in [5.41, 5.74) is 2.87. The summed E-state index contributed by atoms with van der Waals surface area (Å²) < 4.78 is 5.43. The molecule has 4 nitrogen and oxygen atoms in total. The number of nitrogens with zero attached hydrogens (tertiary/aromatic N) is 2. The molecule has 2 rings (SSSR count). The van der Waals surface area contributed by atoms with Crippen LogP contribution in [0.15, 0.2) is 6.07 Å². The van der Waals surface area contributed by atoms with Gasteiger partial charge in [0, 0.05) is 5.69 Å². The highest BCUT2D eigenvalue weighted by molar-refractivity contribution is 5.80. The average molecular weight is 191 g/mol. The van der Waals surface area contributed by atoms with E-state index in [0.29, 0.717) is 12.5 Å².